The summed E-state index contributed by atoms with van der Waals surface area (Å²) >= 11 is 0. The van der Waals surface area contributed by atoms with Crippen LogP contribution in [-0.2, 0) is 0 Å². The quantitative estimate of drug-likeness (QED) is 0.415. The number of hydrogen-bond donors (Lipinski definition) is 4. The minimum absolute atomic E-state index is 0.150. The Kier molecular flexibility index (Phi) is 1.63. The Balaban J connectivity index is 2.17. The average molecular weight is 208 g/mol. The molecule has 80 valence electrons. The number of fused-ring (bicyclic) bond motifs is 3. The van der Waals surface area contributed by atoms with E-state index in [0.29, 0.717) is 24.2 Å². The van der Waals surface area contributed by atoms with Crippen molar-refractivity contribution in [3.8, 4) is 0 Å². The fourth-order valence-corrected chi connectivity index (χ4v) is 2.12. The molecule has 0 aliphatic carbocycles. The largest absolute Gasteiger partial charge is 0.369 e. The van der Waals surface area contributed by atoms with Crippen LogP contribution in [0.5, 0.6) is 0 Å². The number of nitrogens with one attached hydrogen (secondary N) is 3. The van der Waals surface area contributed by atoms with Gasteiger partial charge in [-0.25, -0.2) is 0 Å². The highest BCUT2D eigenvalue weighted by Gasteiger charge is 2.32. The summed E-state index contributed by atoms with van der Waals surface area (Å²) in [5.74, 6) is 0.730. The third-order valence-corrected chi connectivity index (χ3v) is 2.81. The highest BCUT2D eigenvalue weighted by molar-refractivity contribution is 5.69. The standard InChI is InChI=1S/C8H12N6O/c9-8-12-6-5(7(15)13-8)14-3-10-1-4(14)2-11-6/h4,10H,1-3H2,(H4,9,11,12,13,15)/t4-/m0/s1. The molecule has 1 saturated heterocycles. The van der Waals surface area contributed by atoms with Crippen LogP contribution >= 0.6 is 0 Å². The molecule has 5 N–H and O–H groups in total. The molecule has 0 aromatic carbocycles. The Morgan fingerprint density at radius 2 is 2.33 bits per heavy atom. The molecular weight excluding hydrogens is 196 g/mol. The summed E-state index contributed by atoms with van der Waals surface area (Å²) in [7, 11) is 0. The highest BCUT2D eigenvalue weighted by Crippen LogP contribution is 2.27. The van der Waals surface area contributed by atoms with E-state index in [4.69, 9.17) is 5.73 Å². The monoisotopic (exact) mass is 208 g/mol. The Labute approximate surface area is 85.7 Å². The smallest absolute Gasteiger partial charge is 0.278 e. The maximum absolute atomic E-state index is 11.7. The van der Waals surface area contributed by atoms with Crippen molar-refractivity contribution in [3.63, 3.8) is 0 Å². The number of aromatic nitrogens is 2. The van der Waals surface area contributed by atoms with Gasteiger partial charge in [-0.3, -0.25) is 15.1 Å². The van der Waals surface area contributed by atoms with Gasteiger partial charge in [-0.15, -0.1) is 0 Å². The third-order valence-electron chi connectivity index (χ3n) is 2.81. The molecule has 7 nitrogen and oxygen atoms in total. The molecule has 0 bridgehead atoms. The van der Waals surface area contributed by atoms with E-state index in [1.807, 2.05) is 4.90 Å². The topological polar surface area (TPSA) is 99.1 Å². The molecule has 2 aliphatic heterocycles. The number of rotatable bonds is 0. The van der Waals surface area contributed by atoms with Gasteiger partial charge < -0.3 is 16.0 Å². The summed E-state index contributed by atoms with van der Waals surface area (Å²) in [5, 5.41) is 6.34. The number of nitrogens with zero attached hydrogens (tertiary/aromatic N) is 2. The van der Waals surface area contributed by atoms with Gasteiger partial charge in [0.25, 0.3) is 5.56 Å². The zero-order chi connectivity index (χ0) is 10.4. The molecule has 1 aromatic heterocycles. The van der Waals surface area contributed by atoms with Crippen LogP contribution in [0.15, 0.2) is 4.79 Å². The first kappa shape index (κ1) is 8.54. The van der Waals surface area contributed by atoms with Gasteiger partial charge in [-0.1, -0.05) is 0 Å². The van der Waals surface area contributed by atoms with E-state index in [0.717, 1.165) is 13.1 Å². The fraction of sp³-hybridized carbons (Fsp3) is 0.500. The van der Waals surface area contributed by atoms with Crippen LogP contribution in [0.25, 0.3) is 0 Å². The summed E-state index contributed by atoms with van der Waals surface area (Å²) in [4.78, 5) is 20.4. The van der Waals surface area contributed by atoms with E-state index in [9.17, 15) is 4.79 Å². The zero-order valence-electron chi connectivity index (χ0n) is 8.08. The Hall–Kier alpha value is -1.76. The first-order valence-electron chi connectivity index (χ1n) is 4.87. The van der Waals surface area contributed by atoms with Crippen molar-refractivity contribution in [3.05, 3.63) is 10.4 Å². The average Bonchev–Trinajstić information content (AvgIpc) is 2.63. The normalized spacial score (nSPS) is 23.2. The van der Waals surface area contributed by atoms with E-state index < -0.39 is 0 Å². The molecule has 7 heteroatoms. The van der Waals surface area contributed by atoms with E-state index in [2.05, 4.69) is 20.6 Å². The van der Waals surface area contributed by atoms with E-state index in [-0.39, 0.29) is 11.5 Å². The van der Waals surface area contributed by atoms with Crippen LogP contribution in [0.2, 0.25) is 0 Å². The first-order chi connectivity index (χ1) is 7.25. The van der Waals surface area contributed by atoms with E-state index in [1.165, 1.54) is 0 Å². The molecule has 1 atom stereocenters. The van der Waals surface area contributed by atoms with Crippen LogP contribution in [0.3, 0.4) is 0 Å². The zero-order valence-corrected chi connectivity index (χ0v) is 8.08. The summed E-state index contributed by atoms with van der Waals surface area (Å²) in [6.07, 6.45) is 0. The predicted molar refractivity (Wildman–Crippen MR) is 56.9 cm³/mol. The molecule has 0 amide bonds. The lowest BCUT2D eigenvalue weighted by Crippen LogP contribution is -2.44. The number of nitrogen functional groups attached to an aromatic ring is 1. The minimum Gasteiger partial charge on any atom is -0.369 e. The van der Waals surface area contributed by atoms with E-state index in [1.54, 1.807) is 0 Å². The number of hydrogen-bond acceptors (Lipinski definition) is 6. The molecule has 1 fully saturated rings. The molecule has 3 heterocycles. The van der Waals surface area contributed by atoms with Crippen LogP contribution < -0.4 is 26.8 Å². The van der Waals surface area contributed by atoms with Gasteiger partial charge in [0.2, 0.25) is 5.95 Å². The maximum Gasteiger partial charge on any atom is 0.278 e. The molecule has 2 aliphatic rings. The second-order valence-corrected chi connectivity index (χ2v) is 3.77. The number of anilines is 3. The molecule has 0 saturated carbocycles. The van der Waals surface area contributed by atoms with Gasteiger partial charge in [-0.2, -0.15) is 4.98 Å². The Morgan fingerprint density at radius 3 is 3.20 bits per heavy atom. The highest BCUT2D eigenvalue weighted by atomic mass is 16.1. The first-order valence-corrected chi connectivity index (χ1v) is 4.87. The van der Waals surface area contributed by atoms with Gasteiger partial charge in [0.1, 0.15) is 5.69 Å². The van der Waals surface area contributed by atoms with Crippen molar-refractivity contribution < 1.29 is 0 Å². The van der Waals surface area contributed by atoms with Crippen LogP contribution in [0.4, 0.5) is 17.5 Å². The summed E-state index contributed by atoms with van der Waals surface area (Å²) in [6.45, 7) is 2.36. The van der Waals surface area contributed by atoms with Crippen LogP contribution in [-0.4, -0.2) is 35.8 Å². The summed E-state index contributed by atoms with van der Waals surface area (Å²) in [6, 6.07) is 0.323. The van der Waals surface area contributed by atoms with E-state index >= 15 is 0 Å². The number of nitrogens with two attached hydrogens (primary N) is 1. The van der Waals surface area contributed by atoms with Gasteiger partial charge in [0, 0.05) is 13.1 Å². The predicted octanol–water partition coefficient (Wildman–Crippen LogP) is -1.49. The second-order valence-electron chi connectivity index (χ2n) is 3.77. The number of H-pyrrole nitrogens is 1. The van der Waals surface area contributed by atoms with Gasteiger partial charge in [0.15, 0.2) is 5.82 Å². The van der Waals surface area contributed by atoms with Crippen molar-refractivity contribution in [1.82, 2.24) is 15.3 Å². The molecular formula is C8H12N6O. The van der Waals surface area contributed by atoms with Gasteiger partial charge in [-0.05, 0) is 0 Å². The Morgan fingerprint density at radius 1 is 1.47 bits per heavy atom. The van der Waals surface area contributed by atoms with Crippen molar-refractivity contribution in [2.24, 2.45) is 0 Å². The Bertz CT molecular complexity index is 455. The van der Waals surface area contributed by atoms with Gasteiger partial charge >= 0.3 is 0 Å². The third kappa shape index (κ3) is 1.16. The lowest BCUT2D eigenvalue weighted by molar-refractivity contribution is 0.704. The SMILES string of the molecule is Nc1nc2c(c(=O)[nH]1)N1CNC[C@H]1CN2. The maximum atomic E-state index is 11.7. The molecule has 15 heavy (non-hydrogen) atoms. The molecule has 3 rings (SSSR count). The fourth-order valence-electron chi connectivity index (χ4n) is 2.12. The van der Waals surface area contributed by atoms with Gasteiger partial charge in [0.05, 0.1) is 12.7 Å². The summed E-state index contributed by atoms with van der Waals surface area (Å²) in [5.41, 5.74) is 5.89. The minimum atomic E-state index is -0.182. The lowest BCUT2D eigenvalue weighted by Gasteiger charge is -2.31. The molecule has 0 radical (unpaired) electrons. The van der Waals surface area contributed by atoms with Crippen LogP contribution in [0, 0.1) is 0 Å². The second kappa shape index (κ2) is 2.86. The lowest BCUT2D eigenvalue weighted by atomic mass is 10.2. The van der Waals surface area contributed by atoms with Crippen LogP contribution in [0.1, 0.15) is 0 Å². The van der Waals surface area contributed by atoms with Crippen molar-refractivity contribution in [2.75, 3.05) is 35.7 Å². The number of aromatic amines is 1. The molecule has 1 aromatic rings. The van der Waals surface area contributed by atoms with Crippen molar-refractivity contribution in [1.29, 1.82) is 0 Å². The van der Waals surface area contributed by atoms with Crippen molar-refractivity contribution in [2.45, 2.75) is 6.04 Å². The summed E-state index contributed by atoms with van der Waals surface area (Å²) < 4.78 is 0. The van der Waals surface area contributed by atoms with Crippen molar-refractivity contribution >= 4 is 17.5 Å². The molecule has 0 spiro atoms. The molecule has 0 unspecified atom stereocenters.